The van der Waals surface area contributed by atoms with Gasteiger partial charge in [-0.1, -0.05) is 34.2 Å². The SMILES string of the molecule is C=CCOC(=O)N[C@@H](CSSC[C@H](N)C(=O)O)C(=O)O. The van der Waals surface area contributed by atoms with E-state index in [1.165, 1.54) is 6.08 Å². The van der Waals surface area contributed by atoms with Crippen molar-refractivity contribution in [2.45, 2.75) is 12.1 Å². The van der Waals surface area contributed by atoms with Crippen molar-refractivity contribution < 1.29 is 29.3 Å². The number of carboxylic acid groups (broad SMARTS) is 2. The van der Waals surface area contributed by atoms with E-state index in [0.717, 1.165) is 21.6 Å². The highest BCUT2D eigenvalue weighted by atomic mass is 33.1. The summed E-state index contributed by atoms with van der Waals surface area (Å²) in [6.45, 7) is 3.33. The highest BCUT2D eigenvalue weighted by molar-refractivity contribution is 8.76. The molecule has 20 heavy (non-hydrogen) atoms. The lowest BCUT2D eigenvalue weighted by molar-refractivity contribution is -0.139. The summed E-state index contributed by atoms with van der Waals surface area (Å²) in [4.78, 5) is 32.6. The van der Waals surface area contributed by atoms with Crippen LogP contribution in [-0.2, 0) is 14.3 Å². The Bertz CT molecular complexity index is 366. The molecule has 0 heterocycles. The largest absolute Gasteiger partial charge is 0.480 e. The average molecular weight is 324 g/mol. The summed E-state index contributed by atoms with van der Waals surface area (Å²) < 4.78 is 4.60. The number of carboxylic acids is 2. The van der Waals surface area contributed by atoms with Gasteiger partial charge in [-0.25, -0.2) is 9.59 Å². The van der Waals surface area contributed by atoms with E-state index in [0.29, 0.717) is 0 Å². The molecule has 0 saturated heterocycles. The normalized spacial score (nSPS) is 13.1. The smallest absolute Gasteiger partial charge is 0.408 e. The van der Waals surface area contributed by atoms with Crippen LogP contribution >= 0.6 is 21.6 Å². The maximum Gasteiger partial charge on any atom is 0.408 e. The Kier molecular flexibility index (Phi) is 9.68. The third-order valence-electron chi connectivity index (χ3n) is 1.81. The summed E-state index contributed by atoms with van der Waals surface area (Å²) in [6.07, 6.45) is 0.498. The number of ether oxygens (including phenoxy) is 1. The van der Waals surface area contributed by atoms with Gasteiger partial charge in [-0.15, -0.1) is 0 Å². The van der Waals surface area contributed by atoms with Crippen LogP contribution in [0.4, 0.5) is 4.79 Å². The number of nitrogens with one attached hydrogen (secondary N) is 1. The molecule has 10 heteroatoms. The minimum Gasteiger partial charge on any atom is -0.480 e. The van der Waals surface area contributed by atoms with Gasteiger partial charge in [0.2, 0.25) is 0 Å². The molecule has 0 aromatic heterocycles. The highest BCUT2D eigenvalue weighted by Crippen LogP contribution is 2.22. The van der Waals surface area contributed by atoms with Crippen LogP contribution in [0.5, 0.6) is 0 Å². The number of rotatable bonds is 10. The molecule has 0 bridgehead atoms. The number of hydrogen-bond acceptors (Lipinski definition) is 7. The fraction of sp³-hybridized carbons (Fsp3) is 0.500. The molecule has 0 rings (SSSR count). The molecule has 0 aliphatic rings. The topological polar surface area (TPSA) is 139 Å². The molecular weight excluding hydrogens is 308 g/mol. The highest BCUT2D eigenvalue weighted by Gasteiger charge is 2.21. The average Bonchev–Trinajstić information content (AvgIpc) is 2.38. The molecule has 1 amide bonds. The van der Waals surface area contributed by atoms with E-state index in [4.69, 9.17) is 15.9 Å². The zero-order valence-corrected chi connectivity index (χ0v) is 12.1. The van der Waals surface area contributed by atoms with Crippen LogP contribution in [0.3, 0.4) is 0 Å². The summed E-state index contributed by atoms with van der Waals surface area (Å²) in [6, 6.07) is -2.15. The van der Waals surface area contributed by atoms with Crippen molar-refractivity contribution in [1.82, 2.24) is 5.32 Å². The quantitative estimate of drug-likeness (QED) is 0.251. The third kappa shape index (κ3) is 8.67. The van der Waals surface area contributed by atoms with Gasteiger partial charge in [0.25, 0.3) is 0 Å². The van der Waals surface area contributed by atoms with E-state index in [-0.39, 0.29) is 18.1 Å². The Morgan fingerprint density at radius 3 is 2.35 bits per heavy atom. The first-order valence-electron chi connectivity index (χ1n) is 5.38. The van der Waals surface area contributed by atoms with Gasteiger partial charge in [0, 0.05) is 11.5 Å². The van der Waals surface area contributed by atoms with E-state index in [9.17, 15) is 14.4 Å². The monoisotopic (exact) mass is 324 g/mol. The number of carbonyl (C=O) groups excluding carboxylic acids is 1. The number of aliphatic carboxylic acids is 2. The van der Waals surface area contributed by atoms with Crippen molar-refractivity contribution in [2.24, 2.45) is 5.73 Å². The zero-order valence-electron chi connectivity index (χ0n) is 10.5. The molecule has 2 atom stereocenters. The Labute approximate surface area is 123 Å². The first kappa shape index (κ1) is 18.6. The lowest BCUT2D eigenvalue weighted by atomic mass is 10.3. The van der Waals surface area contributed by atoms with Gasteiger partial charge in [-0.05, 0) is 0 Å². The van der Waals surface area contributed by atoms with Gasteiger partial charge in [0.15, 0.2) is 0 Å². The van der Waals surface area contributed by atoms with E-state index in [1.54, 1.807) is 0 Å². The lowest BCUT2D eigenvalue weighted by Gasteiger charge is -2.13. The molecule has 0 unspecified atom stereocenters. The van der Waals surface area contributed by atoms with Crippen LogP contribution < -0.4 is 11.1 Å². The van der Waals surface area contributed by atoms with Crippen LogP contribution in [0.2, 0.25) is 0 Å². The second kappa shape index (κ2) is 10.4. The van der Waals surface area contributed by atoms with Crippen LogP contribution in [-0.4, -0.2) is 58.4 Å². The summed E-state index contributed by atoms with van der Waals surface area (Å²) in [5, 5.41) is 19.6. The van der Waals surface area contributed by atoms with E-state index in [2.05, 4.69) is 16.6 Å². The standard InChI is InChI=1S/C10H16N2O6S2/c1-2-3-18-10(17)12-7(9(15)16)5-20-19-4-6(11)8(13)14/h2,6-7H,1,3-5,11H2,(H,12,17)(H,13,14)(H,15,16)/t6-,7-/m0/s1. The van der Waals surface area contributed by atoms with Gasteiger partial charge < -0.3 is 26.0 Å². The zero-order chi connectivity index (χ0) is 15.5. The molecule has 114 valence electrons. The van der Waals surface area contributed by atoms with E-state index < -0.39 is 30.1 Å². The predicted octanol–water partition coefficient (Wildman–Crippen LogP) is 0.145. The Hall–Kier alpha value is -1.39. The number of alkyl carbamates (subject to hydrolysis) is 1. The molecule has 5 N–H and O–H groups in total. The molecule has 0 fully saturated rings. The Balaban J connectivity index is 4.03. The van der Waals surface area contributed by atoms with Crippen molar-refractivity contribution in [3.05, 3.63) is 12.7 Å². The molecule has 0 aliphatic carbocycles. The lowest BCUT2D eigenvalue weighted by Crippen LogP contribution is -2.42. The number of nitrogens with two attached hydrogens (primary N) is 1. The molecule has 0 saturated carbocycles. The van der Waals surface area contributed by atoms with E-state index >= 15 is 0 Å². The van der Waals surface area contributed by atoms with Crippen molar-refractivity contribution >= 4 is 39.6 Å². The second-order valence-corrected chi connectivity index (χ2v) is 5.99. The maximum atomic E-state index is 11.2. The predicted molar refractivity (Wildman–Crippen MR) is 76.6 cm³/mol. The summed E-state index contributed by atoms with van der Waals surface area (Å²) in [7, 11) is 2.22. The van der Waals surface area contributed by atoms with Gasteiger partial charge >= 0.3 is 18.0 Å². The van der Waals surface area contributed by atoms with Crippen molar-refractivity contribution in [3.63, 3.8) is 0 Å². The van der Waals surface area contributed by atoms with Gasteiger partial charge in [-0.3, -0.25) is 4.79 Å². The van der Waals surface area contributed by atoms with Crippen LogP contribution in [0.1, 0.15) is 0 Å². The van der Waals surface area contributed by atoms with Gasteiger partial charge in [0.1, 0.15) is 18.7 Å². The van der Waals surface area contributed by atoms with Crippen molar-refractivity contribution in [1.29, 1.82) is 0 Å². The fourth-order valence-electron chi connectivity index (χ4n) is 0.802. The molecule has 0 spiro atoms. The number of carbonyl (C=O) groups is 3. The van der Waals surface area contributed by atoms with Crippen molar-refractivity contribution in [3.8, 4) is 0 Å². The molecule has 0 aromatic rings. The van der Waals surface area contributed by atoms with Gasteiger partial charge in [0.05, 0.1) is 0 Å². The number of amides is 1. The molecule has 8 nitrogen and oxygen atoms in total. The second-order valence-electron chi connectivity index (χ2n) is 3.44. The minimum absolute atomic E-state index is 0.0203. The first-order valence-corrected chi connectivity index (χ1v) is 7.87. The minimum atomic E-state index is -1.21. The van der Waals surface area contributed by atoms with Crippen LogP contribution in [0.15, 0.2) is 12.7 Å². The first-order chi connectivity index (χ1) is 9.38. The summed E-state index contributed by atoms with van der Waals surface area (Å²) in [5.41, 5.74) is 5.28. The molecule has 0 aliphatic heterocycles. The van der Waals surface area contributed by atoms with E-state index in [1.807, 2.05) is 0 Å². The van der Waals surface area contributed by atoms with Crippen LogP contribution in [0.25, 0.3) is 0 Å². The third-order valence-corrected chi connectivity index (χ3v) is 4.25. The Morgan fingerprint density at radius 2 is 1.85 bits per heavy atom. The summed E-state index contributed by atoms with van der Waals surface area (Å²) >= 11 is 0. The fourth-order valence-corrected chi connectivity index (χ4v) is 3.07. The number of hydrogen-bond donors (Lipinski definition) is 4. The molecule has 0 aromatic carbocycles. The molecule has 0 radical (unpaired) electrons. The van der Waals surface area contributed by atoms with Crippen molar-refractivity contribution in [2.75, 3.05) is 18.1 Å². The van der Waals surface area contributed by atoms with Gasteiger partial charge in [-0.2, -0.15) is 0 Å². The summed E-state index contributed by atoms with van der Waals surface area (Å²) in [5.74, 6) is -2.15. The Morgan fingerprint density at radius 1 is 1.25 bits per heavy atom. The van der Waals surface area contributed by atoms with Crippen LogP contribution in [0, 0.1) is 0 Å². The maximum absolute atomic E-state index is 11.2. The molecular formula is C10H16N2O6S2.